The van der Waals surface area contributed by atoms with Crippen molar-refractivity contribution < 1.29 is 14.3 Å². The van der Waals surface area contributed by atoms with Crippen molar-refractivity contribution in [3.63, 3.8) is 0 Å². The molecule has 1 aromatic rings. The molecular weight excluding hydrogens is 308 g/mol. The van der Waals surface area contributed by atoms with Crippen LogP contribution in [0.3, 0.4) is 0 Å². The second-order valence-electron chi connectivity index (χ2n) is 6.08. The van der Waals surface area contributed by atoms with Crippen molar-refractivity contribution in [1.29, 1.82) is 0 Å². The van der Waals surface area contributed by atoms with E-state index in [1.165, 1.54) is 0 Å². The summed E-state index contributed by atoms with van der Waals surface area (Å²) in [5.41, 5.74) is 0. The molecule has 24 heavy (non-hydrogen) atoms. The molecule has 0 aromatic heterocycles. The van der Waals surface area contributed by atoms with E-state index in [0.29, 0.717) is 32.8 Å². The Bertz CT molecular complexity index is 558. The minimum Gasteiger partial charge on any atom is -0.492 e. The summed E-state index contributed by atoms with van der Waals surface area (Å²) in [6.45, 7) is 5.33. The van der Waals surface area contributed by atoms with Crippen molar-refractivity contribution in [2.24, 2.45) is 0 Å². The molecule has 2 aliphatic heterocycles. The van der Waals surface area contributed by atoms with Gasteiger partial charge in [-0.2, -0.15) is 0 Å². The lowest BCUT2D eigenvalue weighted by atomic mass is 10.2. The van der Waals surface area contributed by atoms with E-state index >= 15 is 0 Å². The number of hydrogen-bond acceptors (Lipinski definition) is 5. The molecule has 2 aliphatic rings. The Labute approximate surface area is 141 Å². The van der Waals surface area contributed by atoms with Gasteiger partial charge in [-0.1, -0.05) is 18.2 Å². The van der Waals surface area contributed by atoms with Gasteiger partial charge in [-0.3, -0.25) is 14.5 Å². The van der Waals surface area contributed by atoms with Crippen LogP contribution in [-0.2, 0) is 9.59 Å². The molecule has 0 bridgehead atoms. The third kappa shape index (κ3) is 4.46. The molecule has 2 amide bonds. The molecule has 7 nitrogen and oxygen atoms in total. The fourth-order valence-corrected chi connectivity index (χ4v) is 3.00. The number of para-hydroxylation sites is 1. The third-order valence-electron chi connectivity index (χ3n) is 4.37. The number of rotatable bonds is 5. The molecule has 0 aliphatic carbocycles. The van der Waals surface area contributed by atoms with E-state index in [1.807, 2.05) is 35.2 Å². The van der Waals surface area contributed by atoms with Gasteiger partial charge in [0.1, 0.15) is 18.4 Å². The molecule has 3 rings (SSSR count). The van der Waals surface area contributed by atoms with Gasteiger partial charge in [0, 0.05) is 39.3 Å². The van der Waals surface area contributed by atoms with Crippen LogP contribution in [0.5, 0.6) is 5.75 Å². The van der Waals surface area contributed by atoms with Crippen molar-refractivity contribution in [2.75, 3.05) is 52.4 Å². The lowest BCUT2D eigenvalue weighted by Gasteiger charge is -2.37. The Morgan fingerprint density at radius 1 is 1.17 bits per heavy atom. The fourth-order valence-electron chi connectivity index (χ4n) is 3.00. The molecule has 2 fully saturated rings. The number of carbonyl (C=O) groups is 2. The van der Waals surface area contributed by atoms with Crippen LogP contribution in [0.4, 0.5) is 0 Å². The van der Waals surface area contributed by atoms with E-state index < -0.39 is 6.04 Å². The van der Waals surface area contributed by atoms with Gasteiger partial charge < -0.3 is 20.3 Å². The van der Waals surface area contributed by atoms with Crippen LogP contribution in [0, 0.1) is 0 Å². The number of carbonyl (C=O) groups excluding carboxylic acids is 2. The highest BCUT2D eigenvalue weighted by Crippen LogP contribution is 2.09. The minimum absolute atomic E-state index is 0.00994. The average Bonchev–Trinajstić information content (AvgIpc) is 2.63. The lowest BCUT2D eigenvalue weighted by molar-refractivity contribution is -0.138. The Hall–Kier alpha value is -2.12. The maximum absolute atomic E-state index is 12.4. The lowest BCUT2D eigenvalue weighted by Crippen LogP contribution is -2.61. The maximum atomic E-state index is 12.4. The molecule has 1 atom stereocenters. The van der Waals surface area contributed by atoms with Crippen molar-refractivity contribution in [3.05, 3.63) is 30.3 Å². The summed E-state index contributed by atoms with van der Waals surface area (Å²) in [5, 5.41) is 5.72. The summed E-state index contributed by atoms with van der Waals surface area (Å²) in [5.74, 6) is 0.777. The summed E-state index contributed by atoms with van der Waals surface area (Å²) in [6, 6.07) is 9.34. The van der Waals surface area contributed by atoms with Gasteiger partial charge in [-0.15, -0.1) is 0 Å². The SMILES string of the molecule is O=C1CNC[C@H](C(=O)N2CCN(CCOc3ccccc3)CC2)N1. The Morgan fingerprint density at radius 3 is 2.62 bits per heavy atom. The third-order valence-corrected chi connectivity index (χ3v) is 4.37. The zero-order valence-electron chi connectivity index (χ0n) is 13.7. The summed E-state index contributed by atoms with van der Waals surface area (Å²) < 4.78 is 5.71. The van der Waals surface area contributed by atoms with Gasteiger partial charge in [0.2, 0.25) is 11.8 Å². The molecule has 130 valence electrons. The minimum atomic E-state index is -0.431. The molecule has 0 spiro atoms. The molecule has 2 N–H and O–H groups in total. The molecule has 1 aromatic carbocycles. The van der Waals surface area contributed by atoms with Gasteiger partial charge >= 0.3 is 0 Å². The number of hydrogen-bond donors (Lipinski definition) is 2. The zero-order valence-corrected chi connectivity index (χ0v) is 13.7. The normalized spacial score (nSPS) is 22.1. The van der Waals surface area contributed by atoms with E-state index in [0.717, 1.165) is 25.4 Å². The highest BCUT2D eigenvalue weighted by molar-refractivity contribution is 5.89. The van der Waals surface area contributed by atoms with Crippen LogP contribution in [0.2, 0.25) is 0 Å². The first kappa shape index (κ1) is 16.7. The Morgan fingerprint density at radius 2 is 1.92 bits per heavy atom. The number of amides is 2. The molecule has 7 heteroatoms. The Balaban J connectivity index is 1.37. The number of nitrogens with one attached hydrogen (secondary N) is 2. The first-order valence-corrected chi connectivity index (χ1v) is 8.41. The number of piperazine rings is 2. The summed E-state index contributed by atoms with van der Waals surface area (Å²) in [7, 11) is 0. The second-order valence-corrected chi connectivity index (χ2v) is 6.08. The maximum Gasteiger partial charge on any atom is 0.246 e. The highest BCUT2D eigenvalue weighted by Gasteiger charge is 2.30. The smallest absolute Gasteiger partial charge is 0.246 e. The standard InChI is InChI=1S/C17H24N4O3/c22-16-13-18-12-15(19-16)17(23)21-8-6-20(7-9-21)10-11-24-14-4-2-1-3-5-14/h1-5,15,18H,6-13H2,(H,19,22)/t15-/m1/s1. The second kappa shape index (κ2) is 8.12. The Kier molecular flexibility index (Phi) is 5.66. The topological polar surface area (TPSA) is 73.9 Å². The van der Waals surface area contributed by atoms with E-state index in [2.05, 4.69) is 15.5 Å². The van der Waals surface area contributed by atoms with Crippen LogP contribution < -0.4 is 15.4 Å². The largest absolute Gasteiger partial charge is 0.492 e. The van der Waals surface area contributed by atoms with Crippen LogP contribution in [0.25, 0.3) is 0 Å². The van der Waals surface area contributed by atoms with Crippen LogP contribution >= 0.6 is 0 Å². The van der Waals surface area contributed by atoms with Crippen LogP contribution in [0.1, 0.15) is 0 Å². The highest BCUT2D eigenvalue weighted by atomic mass is 16.5. The summed E-state index contributed by atoms with van der Waals surface area (Å²) >= 11 is 0. The van der Waals surface area contributed by atoms with Gasteiger partial charge in [0.05, 0.1) is 6.54 Å². The van der Waals surface area contributed by atoms with E-state index in [1.54, 1.807) is 0 Å². The van der Waals surface area contributed by atoms with Gasteiger partial charge in [-0.05, 0) is 12.1 Å². The molecule has 0 unspecified atom stereocenters. The zero-order chi connectivity index (χ0) is 16.8. The predicted molar refractivity (Wildman–Crippen MR) is 89.8 cm³/mol. The van der Waals surface area contributed by atoms with Gasteiger partial charge in [0.15, 0.2) is 0 Å². The van der Waals surface area contributed by atoms with E-state index in [-0.39, 0.29) is 11.8 Å². The molecule has 2 saturated heterocycles. The fraction of sp³-hybridized carbons (Fsp3) is 0.529. The molecule has 0 radical (unpaired) electrons. The predicted octanol–water partition coefficient (Wildman–Crippen LogP) is -0.702. The van der Waals surface area contributed by atoms with Crippen molar-refractivity contribution in [2.45, 2.75) is 6.04 Å². The molecular formula is C17H24N4O3. The van der Waals surface area contributed by atoms with Crippen LogP contribution in [0.15, 0.2) is 30.3 Å². The average molecular weight is 332 g/mol. The van der Waals surface area contributed by atoms with Crippen molar-refractivity contribution >= 4 is 11.8 Å². The number of ether oxygens (including phenoxy) is 1. The molecule has 0 saturated carbocycles. The monoisotopic (exact) mass is 332 g/mol. The summed E-state index contributed by atoms with van der Waals surface area (Å²) in [6.07, 6.45) is 0. The number of nitrogens with zero attached hydrogens (tertiary/aromatic N) is 2. The van der Waals surface area contributed by atoms with Gasteiger partial charge in [0.25, 0.3) is 0 Å². The van der Waals surface area contributed by atoms with Crippen molar-refractivity contribution in [1.82, 2.24) is 20.4 Å². The first-order valence-electron chi connectivity index (χ1n) is 8.41. The van der Waals surface area contributed by atoms with E-state index in [9.17, 15) is 9.59 Å². The summed E-state index contributed by atoms with van der Waals surface area (Å²) in [4.78, 5) is 27.9. The van der Waals surface area contributed by atoms with Gasteiger partial charge in [-0.25, -0.2) is 0 Å². The first-order chi connectivity index (χ1) is 11.7. The van der Waals surface area contributed by atoms with E-state index in [4.69, 9.17) is 4.74 Å². The van der Waals surface area contributed by atoms with Crippen molar-refractivity contribution in [3.8, 4) is 5.75 Å². The van der Waals surface area contributed by atoms with Crippen LogP contribution in [-0.4, -0.2) is 80.1 Å². The number of benzene rings is 1. The molecule has 2 heterocycles. The quantitative estimate of drug-likeness (QED) is 0.746.